The van der Waals surface area contributed by atoms with Crippen molar-refractivity contribution in [3.63, 3.8) is 0 Å². The van der Waals surface area contributed by atoms with E-state index in [9.17, 15) is 4.91 Å². The summed E-state index contributed by atoms with van der Waals surface area (Å²) in [5.41, 5.74) is 5.55. The van der Waals surface area contributed by atoms with E-state index in [1.807, 2.05) is 0 Å². The summed E-state index contributed by atoms with van der Waals surface area (Å²) in [6, 6.07) is 4.29. The number of nitrogens with zero attached hydrogens (tertiary/aromatic N) is 1. The van der Waals surface area contributed by atoms with Gasteiger partial charge in [-0.2, -0.15) is 4.91 Å². The number of fused-ring (bicyclic) bond motifs is 1. The van der Waals surface area contributed by atoms with E-state index in [4.69, 9.17) is 0 Å². The summed E-state index contributed by atoms with van der Waals surface area (Å²) < 4.78 is 0. The zero-order valence-corrected chi connectivity index (χ0v) is 13.2. The molecule has 19 heavy (non-hydrogen) atoms. The molecule has 2 rings (SSSR count). The molecule has 1 aromatic carbocycles. The molecule has 0 spiro atoms. The third-order valence-corrected chi connectivity index (χ3v) is 6.24. The van der Waals surface area contributed by atoms with Crippen LogP contribution >= 0.6 is 0 Å². The minimum absolute atomic E-state index is 0.0921. The molecular weight excluding hydrogens is 234 g/mol. The maximum atomic E-state index is 10.6. The second-order valence-corrected chi connectivity index (χ2v) is 7.43. The van der Waals surface area contributed by atoms with Crippen molar-refractivity contribution in [3.05, 3.63) is 39.3 Å². The van der Waals surface area contributed by atoms with Gasteiger partial charge >= 0.3 is 0 Å². The van der Waals surface area contributed by atoms with Gasteiger partial charge in [0, 0.05) is 0 Å². The number of hydrogen-bond donors (Lipinski definition) is 0. The Bertz CT molecular complexity index is 538. The zero-order chi connectivity index (χ0) is 14.6. The first-order valence-corrected chi connectivity index (χ1v) is 7.01. The fourth-order valence-electron chi connectivity index (χ4n) is 3.75. The molecule has 0 unspecified atom stereocenters. The monoisotopic (exact) mass is 259 g/mol. The largest absolute Gasteiger partial charge is 0.150 e. The molecule has 1 aliphatic carbocycles. The highest BCUT2D eigenvalue weighted by Crippen LogP contribution is 2.62. The maximum Gasteiger partial charge on any atom is 0.106 e. The van der Waals surface area contributed by atoms with Gasteiger partial charge in [-0.1, -0.05) is 58.9 Å². The van der Waals surface area contributed by atoms with Crippen LogP contribution in [0.25, 0.3) is 0 Å². The molecule has 0 N–H and O–H groups in total. The van der Waals surface area contributed by atoms with E-state index in [0.717, 1.165) is 5.56 Å². The van der Waals surface area contributed by atoms with Gasteiger partial charge in [0.15, 0.2) is 0 Å². The standard InChI is InChI=1S/C17H25NO/c1-11-12(10-18-19)8-9-13-14(11)16(4,5)17(6,7)15(13,2)3/h8-9H,10H2,1-7H3. The van der Waals surface area contributed by atoms with Crippen LogP contribution in [0.1, 0.15) is 63.8 Å². The molecule has 1 aliphatic rings. The average molecular weight is 259 g/mol. The van der Waals surface area contributed by atoms with Crippen molar-refractivity contribution >= 4 is 0 Å². The Labute approximate surface area is 116 Å². The van der Waals surface area contributed by atoms with Crippen LogP contribution in [0.5, 0.6) is 0 Å². The number of rotatable bonds is 2. The van der Waals surface area contributed by atoms with Gasteiger partial charge < -0.3 is 0 Å². The Hall–Kier alpha value is -1.18. The highest BCUT2D eigenvalue weighted by molar-refractivity contribution is 5.54. The van der Waals surface area contributed by atoms with Gasteiger partial charge in [-0.3, -0.25) is 0 Å². The van der Waals surface area contributed by atoms with Gasteiger partial charge in [-0.05, 0) is 45.4 Å². The average Bonchev–Trinajstić information content (AvgIpc) is 2.39. The molecule has 1 aromatic rings. The number of nitroso groups, excluding NO2 is 1. The van der Waals surface area contributed by atoms with Gasteiger partial charge in [-0.25, -0.2) is 0 Å². The second-order valence-electron chi connectivity index (χ2n) is 7.43. The molecule has 0 radical (unpaired) electrons. The summed E-state index contributed by atoms with van der Waals surface area (Å²) in [5, 5.41) is 3.06. The summed E-state index contributed by atoms with van der Waals surface area (Å²) in [7, 11) is 0. The van der Waals surface area contributed by atoms with E-state index >= 15 is 0 Å². The molecule has 0 atom stereocenters. The summed E-state index contributed by atoms with van der Waals surface area (Å²) in [4.78, 5) is 10.6. The quantitative estimate of drug-likeness (QED) is 0.698. The molecule has 0 aromatic heterocycles. The molecule has 0 heterocycles. The van der Waals surface area contributed by atoms with Crippen molar-refractivity contribution in [3.8, 4) is 0 Å². The molecule has 0 fully saturated rings. The van der Waals surface area contributed by atoms with Gasteiger partial charge in [0.2, 0.25) is 0 Å². The zero-order valence-electron chi connectivity index (χ0n) is 13.2. The second kappa shape index (κ2) is 3.91. The fraction of sp³-hybridized carbons (Fsp3) is 0.647. The maximum absolute atomic E-state index is 10.6. The third-order valence-electron chi connectivity index (χ3n) is 6.24. The normalized spacial score (nSPS) is 22.1. The van der Waals surface area contributed by atoms with Crippen LogP contribution < -0.4 is 0 Å². The van der Waals surface area contributed by atoms with Crippen molar-refractivity contribution in [2.24, 2.45) is 10.6 Å². The van der Waals surface area contributed by atoms with Gasteiger partial charge in [0.1, 0.15) is 6.54 Å². The van der Waals surface area contributed by atoms with Gasteiger partial charge in [0.25, 0.3) is 0 Å². The fourth-order valence-corrected chi connectivity index (χ4v) is 3.75. The minimum Gasteiger partial charge on any atom is -0.150 e. The Morgan fingerprint density at radius 1 is 1.00 bits per heavy atom. The molecule has 0 saturated heterocycles. The molecule has 2 heteroatoms. The first-order chi connectivity index (χ1) is 8.59. The number of benzene rings is 1. The molecule has 104 valence electrons. The van der Waals surface area contributed by atoms with E-state index < -0.39 is 0 Å². The van der Waals surface area contributed by atoms with Crippen molar-refractivity contribution < 1.29 is 0 Å². The molecule has 0 bridgehead atoms. The molecule has 0 aliphatic heterocycles. The van der Waals surface area contributed by atoms with Crippen LogP contribution in [0, 0.1) is 17.2 Å². The minimum atomic E-state index is 0.0921. The predicted octanol–water partition coefficient (Wildman–Crippen LogP) is 4.86. The van der Waals surface area contributed by atoms with E-state index in [2.05, 4.69) is 65.8 Å². The van der Waals surface area contributed by atoms with Crippen molar-refractivity contribution in [1.82, 2.24) is 0 Å². The van der Waals surface area contributed by atoms with Gasteiger partial charge in [0.05, 0.1) is 0 Å². The lowest BCUT2D eigenvalue weighted by molar-refractivity contribution is 0.124. The third kappa shape index (κ3) is 1.55. The van der Waals surface area contributed by atoms with Gasteiger partial charge in [-0.15, -0.1) is 0 Å². The van der Waals surface area contributed by atoms with E-state index in [1.165, 1.54) is 16.7 Å². The van der Waals surface area contributed by atoms with Crippen LogP contribution in [0.15, 0.2) is 17.3 Å². The Morgan fingerprint density at radius 3 is 2.11 bits per heavy atom. The molecule has 0 amide bonds. The molecule has 2 nitrogen and oxygen atoms in total. The lowest BCUT2D eigenvalue weighted by Crippen LogP contribution is -2.42. The smallest absolute Gasteiger partial charge is 0.106 e. The van der Waals surface area contributed by atoms with Crippen LogP contribution in [-0.4, -0.2) is 0 Å². The van der Waals surface area contributed by atoms with E-state index in [0.29, 0.717) is 0 Å². The SMILES string of the molecule is Cc1c(CN=O)ccc2c1C(C)(C)C(C)(C)C2(C)C. The van der Waals surface area contributed by atoms with Crippen LogP contribution in [0.4, 0.5) is 0 Å². The highest BCUT2D eigenvalue weighted by Gasteiger charge is 2.57. The lowest BCUT2D eigenvalue weighted by Gasteiger charge is -2.44. The van der Waals surface area contributed by atoms with Crippen molar-refractivity contribution in [2.45, 2.75) is 65.8 Å². The van der Waals surface area contributed by atoms with Crippen LogP contribution in [0.2, 0.25) is 0 Å². The Morgan fingerprint density at radius 2 is 1.58 bits per heavy atom. The first kappa shape index (κ1) is 14.2. The van der Waals surface area contributed by atoms with E-state index in [-0.39, 0.29) is 22.8 Å². The number of hydrogen-bond acceptors (Lipinski definition) is 2. The summed E-state index contributed by atoms with van der Waals surface area (Å²) in [5.74, 6) is 0. The van der Waals surface area contributed by atoms with E-state index in [1.54, 1.807) is 0 Å². The lowest BCUT2D eigenvalue weighted by atomic mass is 9.59. The predicted molar refractivity (Wildman–Crippen MR) is 80.5 cm³/mol. The first-order valence-electron chi connectivity index (χ1n) is 7.01. The summed E-state index contributed by atoms with van der Waals surface area (Å²) in [6.45, 7) is 16.4. The summed E-state index contributed by atoms with van der Waals surface area (Å²) in [6.07, 6.45) is 0. The highest BCUT2D eigenvalue weighted by atomic mass is 16.3. The van der Waals surface area contributed by atoms with Crippen LogP contribution in [-0.2, 0) is 17.4 Å². The van der Waals surface area contributed by atoms with Crippen LogP contribution in [0.3, 0.4) is 0 Å². The summed E-state index contributed by atoms with van der Waals surface area (Å²) >= 11 is 0. The van der Waals surface area contributed by atoms with Crippen molar-refractivity contribution in [1.29, 1.82) is 0 Å². The topological polar surface area (TPSA) is 29.4 Å². The molecular formula is C17H25NO. The molecule has 0 saturated carbocycles. The Balaban J connectivity index is 2.79. The van der Waals surface area contributed by atoms with Crippen molar-refractivity contribution in [2.75, 3.05) is 0 Å². The Kier molecular flexibility index (Phi) is 2.93.